The van der Waals surface area contributed by atoms with Gasteiger partial charge in [0.2, 0.25) is 0 Å². The summed E-state index contributed by atoms with van der Waals surface area (Å²) < 4.78 is 23.2. The van der Waals surface area contributed by atoms with E-state index in [1.165, 1.54) is 6.26 Å². The average Bonchev–Trinajstić information content (AvgIpc) is 2.69. The van der Waals surface area contributed by atoms with Crippen LogP contribution in [0.15, 0.2) is 34.2 Å². The van der Waals surface area contributed by atoms with Crippen LogP contribution in [-0.2, 0) is 16.3 Å². The van der Waals surface area contributed by atoms with Gasteiger partial charge in [-0.15, -0.1) is 24.0 Å². The van der Waals surface area contributed by atoms with Crippen LogP contribution < -0.4 is 10.6 Å². The molecule has 1 aromatic carbocycles. The molecular weight excluding hydrogens is 525 g/mol. The second-order valence-electron chi connectivity index (χ2n) is 8.46. The molecule has 178 valence electrons. The van der Waals surface area contributed by atoms with Crippen molar-refractivity contribution in [3.8, 4) is 0 Å². The number of halogens is 1. The van der Waals surface area contributed by atoms with Crippen molar-refractivity contribution in [2.24, 2.45) is 10.9 Å². The highest BCUT2D eigenvalue weighted by atomic mass is 127. The molecule has 7 nitrogen and oxygen atoms in total. The maximum Gasteiger partial charge on any atom is 0.191 e. The van der Waals surface area contributed by atoms with Gasteiger partial charge in [0.05, 0.1) is 11.4 Å². The van der Waals surface area contributed by atoms with Gasteiger partial charge in [-0.1, -0.05) is 26.0 Å². The topological polar surface area (TPSA) is 77.0 Å². The molecule has 0 saturated carbocycles. The van der Waals surface area contributed by atoms with Gasteiger partial charge in [0.1, 0.15) is 0 Å². The van der Waals surface area contributed by atoms with Crippen LogP contribution in [0.5, 0.6) is 0 Å². The minimum Gasteiger partial charge on any atom is -0.357 e. The molecule has 0 aromatic heterocycles. The van der Waals surface area contributed by atoms with Gasteiger partial charge in [-0.25, -0.2) is 8.42 Å². The summed E-state index contributed by atoms with van der Waals surface area (Å²) in [5.74, 6) is 1.39. The number of hydrogen-bond acceptors (Lipinski definition) is 5. The first-order chi connectivity index (χ1) is 14.2. The lowest BCUT2D eigenvalue weighted by Crippen LogP contribution is -2.52. The number of sulfone groups is 1. The van der Waals surface area contributed by atoms with Crippen molar-refractivity contribution in [1.82, 2.24) is 20.4 Å². The number of hydrogen-bond donors (Lipinski definition) is 2. The summed E-state index contributed by atoms with van der Waals surface area (Å²) >= 11 is 0. The Hall–Kier alpha value is -0.910. The molecule has 2 N–H and O–H groups in total. The van der Waals surface area contributed by atoms with E-state index < -0.39 is 9.84 Å². The van der Waals surface area contributed by atoms with Crippen LogP contribution in [0.4, 0.5) is 0 Å². The van der Waals surface area contributed by atoms with Crippen LogP contribution in [0.2, 0.25) is 0 Å². The summed E-state index contributed by atoms with van der Waals surface area (Å²) in [5, 5.41) is 6.75. The highest BCUT2D eigenvalue weighted by molar-refractivity contribution is 14.0. The van der Waals surface area contributed by atoms with Gasteiger partial charge < -0.3 is 15.5 Å². The van der Waals surface area contributed by atoms with Gasteiger partial charge in [0.25, 0.3) is 0 Å². The van der Waals surface area contributed by atoms with Crippen LogP contribution >= 0.6 is 24.0 Å². The van der Waals surface area contributed by atoms with Crippen LogP contribution in [0.25, 0.3) is 0 Å². The molecule has 1 aliphatic rings. The molecule has 0 aliphatic carbocycles. The van der Waals surface area contributed by atoms with E-state index in [2.05, 4.69) is 48.3 Å². The lowest BCUT2D eigenvalue weighted by atomic mass is 10.0. The average molecular weight is 566 g/mol. The summed E-state index contributed by atoms with van der Waals surface area (Å²) in [6.45, 7) is 13.4. The predicted molar refractivity (Wildman–Crippen MR) is 140 cm³/mol. The number of rotatable bonds is 9. The fourth-order valence-corrected chi connectivity index (χ4v) is 4.29. The van der Waals surface area contributed by atoms with Gasteiger partial charge in [-0.05, 0) is 44.0 Å². The molecule has 1 heterocycles. The molecule has 31 heavy (non-hydrogen) atoms. The zero-order valence-electron chi connectivity index (χ0n) is 19.6. The molecule has 1 atom stereocenters. The molecule has 0 radical (unpaired) electrons. The standard InChI is InChI=1S/C22H39N5O2S.HI/c1-6-23-22(24-12-11-19-7-9-20(10-8-19)30(5,28)29)25-17-21(18(2)3)27-15-13-26(4)14-16-27;/h7-10,18,21H,6,11-17H2,1-5H3,(H2,23,24,25);1H. The van der Waals surface area contributed by atoms with Crippen molar-refractivity contribution in [1.29, 1.82) is 0 Å². The largest absolute Gasteiger partial charge is 0.357 e. The number of likely N-dealkylation sites (N-methyl/N-ethyl adjacent to an activating group) is 1. The number of guanidine groups is 1. The Morgan fingerprint density at radius 1 is 1.10 bits per heavy atom. The van der Waals surface area contributed by atoms with E-state index >= 15 is 0 Å². The number of piperazine rings is 1. The van der Waals surface area contributed by atoms with Crippen molar-refractivity contribution in [3.63, 3.8) is 0 Å². The Balaban J connectivity index is 0.00000480. The summed E-state index contributed by atoms with van der Waals surface area (Å²) in [6, 6.07) is 7.55. The predicted octanol–water partition coefficient (Wildman–Crippen LogP) is 2.08. The molecule has 1 unspecified atom stereocenters. The molecular formula is C22H40IN5O2S. The summed E-state index contributed by atoms with van der Waals surface area (Å²) in [6.07, 6.45) is 2.04. The first-order valence-electron chi connectivity index (χ1n) is 10.9. The molecule has 9 heteroatoms. The van der Waals surface area contributed by atoms with E-state index in [1.807, 2.05) is 12.1 Å². The molecule has 0 amide bonds. The fourth-order valence-electron chi connectivity index (χ4n) is 3.66. The second-order valence-corrected chi connectivity index (χ2v) is 10.5. The van der Waals surface area contributed by atoms with Crippen LogP contribution in [-0.4, -0.2) is 89.3 Å². The molecule has 1 aliphatic heterocycles. The Bertz CT molecular complexity index is 776. The quantitative estimate of drug-likeness (QED) is 0.272. The van der Waals surface area contributed by atoms with E-state index in [4.69, 9.17) is 4.99 Å². The smallest absolute Gasteiger partial charge is 0.191 e. The van der Waals surface area contributed by atoms with Crippen LogP contribution in [0.1, 0.15) is 26.3 Å². The van der Waals surface area contributed by atoms with Crippen LogP contribution in [0, 0.1) is 5.92 Å². The normalized spacial score (nSPS) is 17.3. The Morgan fingerprint density at radius 3 is 2.23 bits per heavy atom. The van der Waals surface area contributed by atoms with Gasteiger partial charge in [-0.2, -0.15) is 0 Å². The second kappa shape index (κ2) is 13.6. The lowest BCUT2D eigenvalue weighted by Gasteiger charge is -2.39. The molecule has 1 fully saturated rings. The summed E-state index contributed by atoms with van der Waals surface area (Å²) in [7, 11) is -0.965. The van der Waals surface area contributed by atoms with Crippen molar-refractivity contribution in [2.45, 2.75) is 38.1 Å². The Morgan fingerprint density at radius 2 is 1.71 bits per heavy atom. The first kappa shape index (κ1) is 28.1. The summed E-state index contributed by atoms with van der Waals surface area (Å²) in [4.78, 5) is 10.2. The Kier molecular flexibility index (Phi) is 12.3. The monoisotopic (exact) mass is 565 g/mol. The minimum atomic E-state index is -3.15. The lowest BCUT2D eigenvalue weighted by molar-refractivity contribution is 0.0925. The van der Waals surface area contributed by atoms with Crippen molar-refractivity contribution in [3.05, 3.63) is 29.8 Å². The molecule has 2 rings (SSSR count). The maximum atomic E-state index is 11.6. The summed E-state index contributed by atoms with van der Waals surface area (Å²) in [5.41, 5.74) is 1.10. The first-order valence-corrected chi connectivity index (χ1v) is 12.8. The Labute approximate surface area is 206 Å². The van der Waals surface area contributed by atoms with Gasteiger partial charge in [-0.3, -0.25) is 9.89 Å². The SMILES string of the molecule is CCNC(=NCC(C(C)C)N1CCN(C)CC1)NCCc1ccc(S(C)(=O)=O)cc1.I. The van der Waals surface area contributed by atoms with Crippen molar-refractivity contribution < 1.29 is 8.42 Å². The zero-order chi connectivity index (χ0) is 22.1. The third-order valence-electron chi connectivity index (χ3n) is 5.61. The van der Waals surface area contributed by atoms with E-state index in [1.54, 1.807) is 12.1 Å². The fraction of sp³-hybridized carbons (Fsp3) is 0.682. The van der Waals surface area contributed by atoms with Crippen LogP contribution in [0.3, 0.4) is 0 Å². The molecule has 1 aromatic rings. The molecule has 0 spiro atoms. The molecule has 1 saturated heterocycles. The highest BCUT2D eigenvalue weighted by Crippen LogP contribution is 2.14. The number of nitrogens with zero attached hydrogens (tertiary/aromatic N) is 3. The number of benzene rings is 1. The third kappa shape index (κ3) is 9.63. The molecule has 0 bridgehead atoms. The van der Waals surface area contributed by atoms with E-state index in [9.17, 15) is 8.42 Å². The minimum absolute atomic E-state index is 0. The number of aliphatic imine (C=N–C) groups is 1. The van der Waals surface area contributed by atoms with Crippen molar-refractivity contribution >= 4 is 39.8 Å². The van der Waals surface area contributed by atoms with E-state index in [0.29, 0.717) is 16.9 Å². The van der Waals surface area contributed by atoms with E-state index in [0.717, 1.165) is 63.8 Å². The maximum absolute atomic E-state index is 11.6. The van der Waals surface area contributed by atoms with E-state index in [-0.39, 0.29) is 24.0 Å². The van der Waals surface area contributed by atoms with Gasteiger partial charge in [0, 0.05) is 51.6 Å². The highest BCUT2D eigenvalue weighted by Gasteiger charge is 2.24. The van der Waals surface area contributed by atoms with Crippen molar-refractivity contribution in [2.75, 3.05) is 59.1 Å². The van der Waals surface area contributed by atoms with Gasteiger partial charge >= 0.3 is 0 Å². The van der Waals surface area contributed by atoms with Gasteiger partial charge in [0.15, 0.2) is 15.8 Å². The zero-order valence-corrected chi connectivity index (χ0v) is 22.7. The number of nitrogens with one attached hydrogen (secondary N) is 2. The third-order valence-corrected chi connectivity index (χ3v) is 6.74.